The summed E-state index contributed by atoms with van der Waals surface area (Å²) in [5.74, 6) is -0.536. The summed E-state index contributed by atoms with van der Waals surface area (Å²) in [6.45, 7) is 3.35. The zero-order valence-electron chi connectivity index (χ0n) is 28.3. The molecule has 0 fully saturated rings. The van der Waals surface area contributed by atoms with Crippen LogP contribution in [0.2, 0.25) is 0 Å². The number of aliphatic hydroxyl groups excluding tert-OH is 1. The molecule has 262 valence electrons. The van der Waals surface area contributed by atoms with Crippen molar-refractivity contribution >= 4 is 19.7 Å². The van der Waals surface area contributed by atoms with Crippen molar-refractivity contribution in [2.24, 2.45) is 0 Å². The molecule has 1 amide bonds. The van der Waals surface area contributed by atoms with Crippen molar-refractivity contribution in [2.75, 3.05) is 26.4 Å². The number of rotatable bonds is 32. The zero-order valence-corrected chi connectivity index (χ0v) is 29.2. The van der Waals surface area contributed by atoms with Gasteiger partial charge < -0.3 is 20.1 Å². The van der Waals surface area contributed by atoms with Gasteiger partial charge in [-0.05, 0) is 44.9 Å². The summed E-state index contributed by atoms with van der Waals surface area (Å²) in [6, 6.07) is 0. The van der Waals surface area contributed by atoms with Crippen LogP contribution in [0.1, 0.15) is 142 Å². The van der Waals surface area contributed by atoms with Crippen molar-refractivity contribution in [3.8, 4) is 0 Å². The maximum absolute atomic E-state index is 12.0. The Morgan fingerprint density at radius 3 is 1.91 bits per heavy atom. The van der Waals surface area contributed by atoms with E-state index in [0.29, 0.717) is 6.42 Å². The first-order valence-corrected chi connectivity index (χ1v) is 19.0. The summed E-state index contributed by atoms with van der Waals surface area (Å²) in [4.78, 5) is 33.5. The fraction of sp³-hybridized carbons (Fsp3) is 0.771. The number of hydrogen-bond donors (Lipinski definition) is 3. The molecule has 45 heavy (non-hydrogen) atoms. The molecule has 2 unspecified atom stereocenters. The Kier molecular flexibility index (Phi) is 30.9. The van der Waals surface area contributed by atoms with Gasteiger partial charge in [0.15, 0.2) is 0 Å². The van der Waals surface area contributed by atoms with Crippen LogP contribution in [0.25, 0.3) is 0 Å². The third-order valence-corrected chi connectivity index (χ3v) is 8.07. The predicted molar refractivity (Wildman–Crippen MR) is 183 cm³/mol. The molecule has 0 aliphatic rings. The number of carbonyl (C=O) groups excluding carboxylic acids is 2. The van der Waals surface area contributed by atoms with Gasteiger partial charge in [0.05, 0.1) is 13.2 Å². The van der Waals surface area contributed by atoms with Crippen molar-refractivity contribution in [2.45, 2.75) is 148 Å². The van der Waals surface area contributed by atoms with E-state index in [1.807, 2.05) is 0 Å². The predicted octanol–water partition coefficient (Wildman–Crippen LogP) is 8.65. The monoisotopic (exact) mass is 657 g/mol. The fourth-order valence-electron chi connectivity index (χ4n) is 4.45. The maximum Gasteiger partial charge on any atom is 0.472 e. The van der Waals surface area contributed by atoms with Crippen LogP contribution in [0, 0.1) is 0 Å². The Hall–Kier alpha value is -1.77. The minimum absolute atomic E-state index is 0.0759. The molecule has 3 N–H and O–H groups in total. The molecule has 0 saturated carbocycles. The third-order valence-electron chi connectivity index (χ3n) is 7.08. The van der Waals surface area contributed by atoms with E-state index < -0.39 is 26.5 Å². The summed E-state index contributed by atoms with van der Waals surface area (Å²) < 4.78 is 26.6. The highest BCUT2D eigenvalue weighted by Gasteiger charge is 2.23. The molecule has 0 aromatic heterocycles. The van der Waals surface area contributed by atoms with Gasteiger partial charge in [-0.25, -0.2) is 4.57 Å². The Morgan fingerprint density at radius 1 is 0.711 bits per heavy atom. The normalized spacial score (nSPS) is 14.0. The van der Waals surface area contributed by atoms with Crippen LogP contribution in [0.4, 0.5) is 0 Å². The standard InChI is InChI=1S/C35H64NO8P/c1-3-5-7-9-11-12-13-14-15-16-17-18-19-20-22-23-25-27-34(38)36-29-30-43-45(40,41)44-32-33(37)31-42-35(39)28-26-24-21-10-8-6-4-2/h5,7,11-12,14-15,33,37H,3-4,6,8-10,13,16-32H2,1-2H3,(H,36,38)(H,40,41)/b7-5-,12-11-,15-14-. The number of nitrogens with one attached hydrogen (secondary N) is 1. The molecule has 0 saturated heterocycles. The lowest BCUT2D eigenvalue weighted by molar-refractivity contribution is -0.147. The van der Waals surface area contributed by atoms with Crippen molar-refractivity contribution < 1.29 is 37.9 Å². The molecular weight excluding hydrogens is 593 g/mol. The number of aliphatic hydroxyl groups is 1. The molecule has 0 heterocycles. The molecule has 0 radical (unpaired) electrons. The number of amides is 1. The number of ether oxygens (including phenoxy) is 1. The first-order valence-electron chi connectivity index (χ1n) is 17.5. The zero-order chi connectivity index (χ0) is 33.3. The Bertz CT molecular complexity index is 846. The van der Waals surface area contributed by atoms with Crippen molar-refractivity contribution in [1.82, 2.24) is 5.32 Å². The van der Waals surface area contributed by atoms with Crippen LogP contribution < -0.4 is 5.32 Å². The van der Waals surface area contributed by atoms with Gasteiger partial charge in [0.1, 0.15) is 12.7 Å². The topological polar surface area (TPSA) is 131 Å². The average molecular weight is 658 g/mol. The number of phosphoric ester groups is 1. The summed E-state index contributed by atoms with van der Waals surface area (Å²) >= 11 is 0. The molecule has 2 atom stereocenters. The average Bonchev–Trinajstić information content (AvgIpc) is 3.02. The van der Waals surface area contributed by atoms with Crippen LogP contribution in [-0.2, 0) is 27.9 Å². The quantitative estimate of drug-likeness (QED) is 0.0284. The largest absolute Gasteiger partial charge is 0.472 e. The second-order valence-electron chi connectivity index (χ2n) is 11.5. The smallest absolute Gasteiger partial charge is 0.463 e. The Morgan fingerprint density at radius 2 is 1.27 bits per heavy atom. The third kappa shape index (κ3) is 33.4. The minimum atomic E-state index is -4.40. The molecule has 0 aromatic rings. The highest BCUT2D eigenvalue weighted by Crippen LogP contribution is 2.42. The summed E-state index contributed by atoms with van der Waals surface area (Å²) in [7, 11) is -4.40. The number of unbranched alkanes of at least 4 members (excludes halogenated alkanes) is 13. The van der Waals surface area contributed by atoms with Crippen molar-refractivity contribution in [3.05, 3.63) is 36.5 Å². The van der Waals surface area contributed by atoms with E-state index in [4.69, 9.17) is 13.8 Å². The summed E-state index contributed by atoms with van der Waals surface area (Å²) in [5.41, 5.74) is 0. The summed E-state index contributed by atoms with van der Waals surface area (Å²) in [5, 5.41) is 12.6. The molecular formula is C35H64NO8P. The number of carbonyl (C=O) groups is 2. The molecule has 0 aliphatic heterocycles. The first kappa shape index (κ1) is 43.2. The van der Waals surface area contributed by atoms with Crippen LogP contribution in [0.3, 0.4) is 0 Å². The van der Waals surface area contributed by atoms with E-state index in [2.05, 4.69) is 55.6 Å². The van der Waals surface area contributed by atoms with E-state index in [1.165, 1.54) is 51.4 Å². The maximum atomic E-state index is 12.0. The van der Waals surface area contributed by atoms with Gasteiger partial charge in [-0.3, -0.25) is 18.6 Å². The van der Waals surface area contributed by atoms with E-state index in [-0.39, 0.29) is 32.1 Å². The second kappa shape index (κ2) is 32.2. The van der Waals surface area contributed by atoms with Gasteiger partial charge in [0.2, 0.25) is 5.91 Å². The number of phosphoric acid groups is 1. The summed E-state index contributed by atoms with van der Waals surface area (Å²) in [6.07, 6.45) is 32.4. The molecule has 0 rings (SSSR count). The fourth-order valence-corrected chi connectivity index (χ4v) is 5.21. The van der Waals surface area contributed by atoms with E-state index in [0.717, 1.165) is 64.2 Å². The molecule has 0 bridgehead atoms. The van der Waals surface area contributed by atoms with Gasteiger partial charge >= 0.3 is 13.8 Å². The Balaban J connectivity index is 3.64. The van der Waals surface area contributed by atoms with E-state index in [9.17, 15) is 24.2 Å². The van der Waals surface area contributed by atoms with Crippen LogP contribution in [0.5, 0.6) is 0 Å². The molecule has 9 nitrogen and oxygen atoms in total. The Labute approximate surface area is 273 Å². The van der Waals surface area contributed by atoms with Gasteiger partial charge in [-0.1, -0.05) is 121 Å². The minimum Gasteiger partial charge on any atom is -0.463 e. The number of esters is 1. The van der Waals surface area contributed by atoms with Crippen LogP contribution in [-0.4, -0.2) is 54.3 Å². The van der Waals surface area contributed by atoms with Gasteiger partial charge in [0, 0.05) is 19.4 Å². The lowest BCUT2D eigenvalue weighted by atomic mass is 10.1. The molecule has 10 heteroatoms. The second-order valence-corrected chi connectivity index (χ2v) is 12.9. The highest BCUT2D eigenvalue weighted by molar-refractivity contribution is 7.47. The van der Waals surface area contributed by atoms with E-state index in [1.54, 1.807) is 0 Å². The highest BCUT2D eigenvalue weighted by atomic mass is 31.2. The van der Waals surface area contributed by atoms with Crippen LogP contribution >= 0.6 is 7.82 Å². The lowest BCUT2D eigenvalue weighted by Gasteiger charge is -2.15. The first-order chi connectivity index (χ1) is 21.8. The lowest BCUT2D eigenvalue weighted by Crippen LogP contribution is -2.27. The van der Waals surface area contributed by atoms with E-state index >= 15 is 0 Å². The molecule has 0 aromatic carbocycles. The SMILES string of the molecule is CC/C=C\C/C=C\C/C=C\CCCCCCCCCC(=O)NCCOP(=O)(O)OCC(O)COC(=O)CCCCCCCCC. The van der Waals surface area contributed by atoms with Gasteiger partial charge in [0.25, 0.3) is 0 Å². The number of hydrogen-bond acceptors (Lipinski definition) is 7. The van der Waals surface area contributed by atoms with Crippen LogP contribution in [0.15, 0.2) is 36.5 Å². The molecule has 0 aliphatic carbocycles. The van der Waals surface area contributed by atoms with Gasteiger partial charge in [-0.2, -0.15) is 0 Å². The number of allylic oxidation sites excluding steroid dienone is 6. The van der Waals surface area contributed by atoms with Crippen molar-refractivity contribution in [1.29, 1.82) is 0 Å². The molecule has 0 spiro atoms. The van der Waals surface area contributed by atoms with Gasteiger partial charge in [-0.15, -0.1) is 0 Å². The van der Waals surface area contributed by atoms with Crippen molar-refractivity contribution in [3.63, 3.8) is 0 Å².